The van der Waals surface area contributed by atoms with Crippen LogP contribution in [0.25, 0.3) is 0 Å². The van der Waals surface area contributed by atoms with Gasteiger partial charge in [0.25, 0.3) is 0 Å². The third-order valence-electron chi connectivity index (χ3n) is 6.39. The summed E-state index contributed by atoms with van der Waals surface area (Å²) < 4.78 is 1.99. The number of carbonyl (C=O) groups is 1. The van der Waals surface area contributed by atoms with Crippen molar-refractivity contribution in [2.45, 2.75) is 64.8 Å². The number of hydrogen-bond donors (Lipinski definition) is 0. The molecular formula is C24H32N2O. The summed E-state index contributed by atoms with van der Waals surface area (Å²) in [6.45, 7) is 10.6. The van der Waals surface area contributed by atoms with Crippen molar-refractivity contribution in [2.24, 2.45) is 11.3 Å². The molecule has 0 bridgehead atoms. The first kappa shape index (κ1) is 19.6. The molecule has 0 amide bonds. The van der Waals surface area contributed by atoms with Crippen LogP contribution in [0.1, 0.15) is 81.0 Å². The van der Waals surface area contributed by atoms with Crippen LogP contribution in [0.15, 0.2) is 55.4 Å². The third kappa shape index (κ3) is 3.78. The van der Waals surface area contributed by atoms with Gasteiger partial charge in [-0.3, -0.25) is 4.79 Å². The van der Waals surface area contributed by atoms with Gasteiger partial charge in [0.1, 0.15) is 0 Å². The molecule has 1 aliphatic carbocycles. The van der Waals surface area contributed by atoms with Gasteiger partial charge in [-0.25, -0.2) is 4.98 Å². The SMILES string of the molecule is C=CC(C)(C1CCCCC1)C(C(=O)c1nccn1C(C)C)c1ccccc1. The molecule has 2 atom stereocenters. The van der Waals surface area contributed by atoms with E-state index in [2.05, 4.69) is 44.5 Å². The molecule has 0 spiro atoms. The van der Waals surface area contributed by atoms with Gasteiger partial charge in [-0.2, -0.15) is 0 Å². The Morgan fingerprint density at radius 3 is 2.48 bits per heavy atom. The van der Waals surface area contributed by atoms with Gasteiger partial charge in [0, 0.05) is 23.9 Å². The van der Waals surface area contributed by atoms with E-state index < -0.39 is 0 Å². The maximum atomic E-state index is 13.8. The summed E-state index contributed by atoms with van der Waals surface area (Å²) in [5, 5.41) is 0. The molecule has 1 aromatic heterocycles. The van der Waals surface area contributed by atoms with E-state index in [9.17, 15) is 4.79 Å². The van der Waals surface area contributed by atoms with E-state index in [0.717, 1.165) is 18.4 Å². The second-order valence-corrected chi connectivity index (χ2v) is 8.36. The summed E-state index contributed by atoms with van der Waals surface area (Å²) in [5.74, 6) is 0.871. The number of ketones is 1. The molecule has 1 aliphatic rings. The quantitative estimate of drug-likeness (QED) is 0.433. The van der Waals surface area contributed by atoms with Gasteiger partial charge >= 0.3 is 0 Å². The Balaban J connectivity index is 2.09. The fraction of sp³-hybridized carbons (Fsp3) is 0.500. The first-order chi connectivity index (χ1) is 13.0. The first-order valence-corrected chi connectivity index (χ1v) is 10.2. The average Bonchev–Trinajstić information content (AvgIpc) is 3.20. The molecule has 0 radical (unpaired) electrons. The van der Waals surface area contributed by atoms with E-state index in [1.807, 2.05) is 35.0 Å². The van der Waals surface area contributed by atoms with Crippen molar-refractivity contribution in [1.82, 2.24) is 9.55 Å². The van der Waals surface area contributed by atoms with Crippen molar-refractivity contribution in [3.05, 3.63) is 66.8 Å². The number of rotatable bonds is 7. The minimum Gasteiger partial charge on any atom is -0.326 e. The Kier molecular flexibility index (Phi) is 5.98. The molecule has 1 aromatic carbocycles. The largest absolute Gasteiger partial charge is 0.326 e. The van der Waals surface area contributed by atoms with Crippen LogP contribution in [0.5, 0.6) is 0 Å². The van der Waals surface area contributed by atoms with E-state index in [0.29, 0.717) is 11.7 Å². The maximum absolute atomic E-state index is 13.8. The van der Waals surface area contributed by atoms with E-state index in [1.165, 1.54) is 19.3 Å². The number of carbonyl (C=O) groups excluding carboxylic acids is 1. The summed E-state index contributed by atoms with van der Waals surface area (Å²) in [7, 11) is 0. The lowest BCUT2D eigenvalue weighted by Crippen LogP contribution is -2.38. The van der Waals surface area contributed by atoms with Crippen molar-refractivity contribution < 1.29 is 4.79 Å². The Morgan fingerprint density at radius 1 is 1.22 bits per heavy atom. The standard InChI is InChI=1S/C24H32N2O/c1-5-24(4,20-14-10-7-11-15-20)21(19-12-8-6-9-13-19)22(27)23-25-16-17-26(23)18(2)3/h5-6,8-9,12-13,16-18,20-21H,1,7,10-11,14-15H2,2-4H3. The zero-order valence-corrected chi connectivity index (χ0v) is 16.9. The van der Waals surface area contributed by atoms with Crippen LogP contribution in [0.3, 0.4) is 0 Å². The molecule has 27 heavy (non-hydrogen) atoms. The maximum Gasteiger partial charge on any atom is 0.206 e. The summed E-state index contributed by atoms with van der Waals surface area (Å²) in [6, 6.07) is 10.4. The van der Waals surface area contributed by atoms with Crippen molar-refractivity contribution in [2.75, 3.05) is 0 Å². The lowest BCUT2D eigenvalue weighted by Gasteiger charge is -2.43. The number of Topliss-reactive ketones (excluding diaryl/α,β-unsaturated/α-hetero) is 1. The monoisotopic (exact) mass is 364 g/mol. The molecular weight excluding hydrogens is 332 g/mol. The van der Waals surface area contributed by atoms with Gasteiger partial charge in [0.2, 0.25) is 5.78 Å². The van der Waals surface area contributed by atoms with Crippen LogP contribution in [0.2, 0.25) is 0 Å². The predicted octanol–water partition coefficient (Wildman–Crippen LogP) is 6.20. The number of imidazole rings is 1. The van der Waals surface area contributed by atoms with Crippen molar-refractivity contribution in [1.29, 1.82) is 0 Å². The highest BCUT2D eigenvalue weighted by Gasteiger charge is 2.45. The minimum absolute atomic E-state index is 0.105. The number of benzene rings is 1. The van der Waals surface area contributed by atoms with Gasteiger partial charge in [-0.15, -0.1) is 6.58 Å². The molecule has 0 saturated heterocycles. The molecule has 3 heteroatoms. The second-order valence-electron chi connectivity index (χ2n) is 8.36. The van der Waals surface area contributed by atoms with Gasteiger partial charge in [0.15, 0.2) is 5.82 Å². The Bertz CT molecular complexity index is 771. The third-order valence-corrected chi connectivity index (χ3v) is 6.39. The van der Waals surface area contributed by atoms with Crippen LogP contribution < -0.4 is 0 Å². The zero-order valence-electron chi connectivity index (χ0n) is 16.9. The highest BCUT2D eigenvalue weighted by atomic mass is 16.1. The molecule has 3 nitrogen and oxygen atoms in total. The minimum atomic E-state index is -0.285. The van der Waals surface area contributed by atoms with E-state index in [1.54, 1.807) is 6.20 Å². The van der Waals surface area contributed by atoms with Gasteiger partial charge in [-0.1, -0.05) is 62.6 Å². The van der Waals surface area contributed by atoms with Crippen LogP contribution in [-0.2, 0) is 0 Å². The van der Waals surface area contributed by atoms with Crippen LogP contribution in [0, 0.1) is 11.3 Å². The lowest BCUT2D eigenvalue weighted by atomic mass is 9.60. The number of allylic oxidation sites excluding steroid dienone is 1. The Morgan fingerprint density at radius 2 is 1.89 bits per heavy atom. The first-order valence-electron chi connectivity index (χ1n) is 10.2. The van der Waals surface area contributed by atoms with Crippen molar-refractivity contribution >= 4 is 5.78 Å². The summed E-state index contributed by atoms with van der Waals surface area (Å²) >= 11 is 0. The lowest BCUT2D eigenvalue weighted by molar-refractivity contribution is 0.0795. The number of aromatic nitrogens is 2. The van der Waals surface area contributed by atoms with Crippen LogP contribution in [0.4, 0.5) is 0 Å². The fourth-order valence-corrected chi connectivity index (χ4v) is 4.73. The summed E-state index contributed by atoms with van der Waals surface area (Å²) in [4.78, 5) is 18.3. The molecule has 1 fully saturated rings. The van der Waals surface area contributed by atoms with Gasteiger partial charge in [-0.05, 0) is 38.2 Å². The van der Waals surface area contributed by atoms with E-state index in [-0.39, 0.29) is 23.2 Å². The number of nitrogens with zero attached hydrogens (tertiary/aromatic N) is 2. The van der Waals surface area contributed by atoms with Crippen LogP contribution in [-0.4, -0.2) is 15.3 Å². The topological polar surface area (TPSA) is 34.9 Å². The van der Waals surface area contributed by atoms with Crippen molar-refractivity contribution in [3.8, 4) is 0 Å². The van der Waals surface area contributed by atoms with Crippen LogP contribution >= 0.6 is 0 Å². The average molecular weight is 365 g/mol. The normalized spacial score (nSPS) is 18.8. The summed E-state index contributed by atoms with van der Waals surface area (Å²) in [6.07, 6.45) is 11.8. The molecule has 1 saturated carbocycles. The zero-order chi connectivity index (χ0) is 19.4. The Hall–Kier alpha value is -2.16. The molecule has 3 rings (SSSR count). The molecule has 0 N–H and O–H groups in total. The fourth-order valence-electron chi connectivity index (χ4n) is 4.73. The number of hydrogen-bond acceptors (Lipinski definition) is 2. The molecule has 2 aromatic rings. The highest BCUT2D eigenvalue weighted by Crippen LogP contribution is 2.49. The molecule has 2 unspecified atom stereocenters. The van der Waals surface area contributed by atoms with Gasteiger partial charge in [0.05, 0.1) is 5.92 Å². The smallest absolute Gasteiger partial charge is 0.206 e. The molecule has 0 aliphatic heterocycles. The van der Waals surface area contributed by atoms with E-state index >= 15 is 0 Å². The Labute approximate surface area is 163 Å². The summed E-state index contributed by atoms with van der Waals surface area (Å²) in [5.41, 5.74) is 0.779. The highest BCUT2D eigenvalue weighted by molar-refractivity contribution is 5.99. The van der Waals surface area contributed by atoms with Gasteiger partial charge < -0.3 is 4.57 Å². The second kappa shape index (κ2) is 8.24. The molecule has 144 valence electrons. The van der Waals surface area contributed by atoms with E-state index in [4.69, 9.17) is 0 Å². The molecule has 1 heterocycles. The van der Waals surface area contributed by atoms with Crippen molar-refractivity contribution in [3.63, 3.8) is 0 Å². The predicted molar refractivity (Wildman–Crippen MR) is 111 cm³/mol.